The maximum atomic E-state index is 14.1. The van der Waals surface area contributed by atoms with Gasteiger partial charge in [-0.15, -0.1) is 0 Å². The highest BCUT2D eigenvalue weighted by atomic mass is 16.5. The average Bonchev–Trinajstić information content (AvgIpc) is 3.01. The molecule has 1 saturated heterocycles. The minimum absolute atomic E-state index is 0.00296. The third-order valence-corrected chi connectivity index (χ3v) is 6.86. The van der Waals surface area contributed by atoms with E-state index in [0.717, 1.165) is 32.1 Å². The Morgan fingerprint density at radius 2 is 1.78 bits per heavy atom. The number of carbonyl (C=O) groups excluding carboxylic acids is 3. The van der Waals surface area contributed by atoms with E-state index in [2.05, 4.69) is 17.2 Å². The van der Waals surface area contributed by atoms with Crippen LogP contribution >= 0.6 is 0 Å². The van der Waals surface area contributed by atoms with Gasteiger partial charge in [-0.05, 0) is 39.3 Å². The average molecular weight is 448 g/mol. The van der Waals surface area contributed by atoms with Crippen LogP contribution in [0.5, 0.6) is 0 Å². The standard InChI is InChI=1S/C24H38N4O4/c1-5-6-7-8-9-12-24(17-20(29)27-32)13-16-28(22(24)31,23(2,3)4)18-21(30)26-19-10-14-25-15-11-19/h10-11,14-15H,5-9,12-13,16-18H2,1-4H3,(H2-,25,26,27,29,30,32)/p+1. The van der Waals surface area contributed by atoms with Gasteiger partial charge in [-0.1, -0.05) is 39.0 Å². The molecular formula is C24H39N4O4+. The van der Waals surface area contributed by atoms with Gasteiger partial charge < -0.3 is 5.32 Å². The van der Waals surface area contributed by atoms with E-state index in [4.69, 9.17) is 5.21 Å². The fourth-order valence-electron chi connectivity index (χ4n) is 4.87. The molecule has 32 heavy (non-hydrogen) atoms. The number of quaternary nitrogens is 1. The number of amides is 3. The van der Waals surface area contributed by atoms with Crippen LogP contribution in [0.25, 0.3) is 0 Å². The Kier molecular flexibility index (Phi) is 8.92. The SMILES string of the molecule is CCCCCCCC1(CC(=O)NO)CC[N+](CC(=O)Nc2ccncc2)(C(C)(C)C)C1=O. The summed E-state index contributed by atoms with van der Waals surface area (Å²) in [6.45, 7) is 8.54. The number of nitrogens with zero attached hydrogens (tertiary/aromatic N) is 2. The van der Waals surface area contributed by atoms with Gasteiger partial charge in [0, 0.05) is 30.9 Å². The molecule has 1 aliphatic heterocycles. The molecule has 0 spiro atoms. The molecule has 0 saturated carbocycles. The summed E-state index contributed by atoms with van der Waals surface area (Å²) in [7, 11) is 0. The van der Waals surface area contributed by atoms with Crippen molar-refractivity contribution >= 4 is 23.4 Å². The van der Waals surface area contributed by atoms with Gasteiger partial charge in [-0.3, -0.25) is 19.8 Å². The van der Waals surface area contributed by atoms with E-state index in [0.29, 0.717) is 25.1 Å². The number of pyridine rings is 1. The van der Waals surface area contributed by atoms with Gasteiger partial charge in [-0.25, -0.2) is 14.8 Å². The smallest absolute Gasteiger partial charge is 0.321 e. The zero-order valence-electron chi connectivity index (χ0n) is 19.9. The Morgan fingerprint density at radius 3 is 2.38 bits per heavy atom. The summed E-state index contributed by atoms with van der Waals surface area (Å²) in [5, 5.41) is 12.0. The van der Waals surface area contributed by atoms with Crippen LogP contribution in [-0.4, -0.2) is 51.0 Å². The number of hydroxylamine groups is 1. The van der Waals surface area contributed by atoms with Crippen molar-refractivity contribution in [2.24, 2.45) is 5.41 Å². The molecular weight excluding hydrogens is 408 g/mol. The molecule has 2 atom stereocenters. The van der Waals surface area contributed by atoms with Crippen molar-refractivity contribution < 1.29 is 24.1 Å². The van der Waals surface area contributed by atoms with E-state index in [-0.39, 0.29) is 29.3 Å². The van der Waals surface area contributed by atoms with Crippen molar-refractivity contribution in [3.05, 3.63) is 24.5 Å². The topological polar surface area (TPSA) is 108 Å². The lowest BCUT2D eigenvalue weighted by atomic mass is 9.77. The first-order valence-electron chi connectivity index (χ1n) is 11.7. The number of carbonyl (C=O) groups is 3. The highest BCUT2D eigenvalue weighted by Gasteiger charge is 2.63. The van der Waals surface area contributed by atoms with Gasteiger partial charge in [0.05, 0.1) is 17.5 Å². The number of nitrogens with one attached hydrogen (secondary N) is 2. The molecule has 3 N–H and O–H groups in total. The largest absolute Gasteiger partial charge is 0.321 e. The first-order valence-corrected chi connectivity index (χ1v) is 11.7. The normalized spacial score (nSPS) is 23.2. The van der Waals surface area contributed by atoms with Crippen LogP contribution in [0.1, 0.15) is 79.1 Å². The molecule has 1 fully saturated rings. The Morgan fingerprint density at radius 1 is 1.12 bits per heavy atom. The number of aromatic nitrogens is 1. The summed E-state index contributed by atoms with van der Waals surface area (Å²) in [6.07, 6.45) is 9.47. The van der Waals surface area contributed by atoms with E-state index >= 15 is 0 Å². The summed E-state index contributed by atoms with van der Waals surface area (Å²) in [5.41, 5.74) is 0.941. The lowest BCUT2D eigenvalue weighted by Crippen LogP contribution is -2.65. The third-order valence-electron chi connectivity index (χ3n) is 6.86. The van der Waals surface area contributed by atoms with Gasteiger partial charge >= 0.3 is 5.91 Å². The first kappa shape index (κ1) is 25.9. The Bertz CT molecular complexity index is 793. The van der Waals surface area contributed by atoms with Gasteiger partial charge in [0.1, 0.15) is 0 Å². The molecule has 2 rings (SSSR count). The Balaban J connectivity index is 2.27. The minimum atomic E-state index is -0.872. The molecule has 3 amide bonds. The third kappa shape index (κ3) is 5.92. The molecule has 1 aromatic heterocycles. The molecule has 0 bridgehead atoms. The lowest BCUT2D eigenvalue weighted by molar-refractivity contribution is -0.886. The quantitative estimate of drug-likeness (QED) is 0.207. The predicted octanol–water partition coefficient (Wildman–Crippen LogP) is 3.81. The van der Waals surface area contributed by atoms with E-state index in [1.165, 1.54) is 0 Å². The van der Waals surface area contributed by atoms with Crippen LogP contribution in [0.2, 0.25) is 0 Å². The number of unbranched alkanes of at least 4 members (excludes halogenated alkanes) is 4. The molecule has 178 valence electrons. The van der Waals surface area contributed by atoms with Gasteiger partial charge in [-0.2, -0.15) is 0 Å². The second-order valence-electron chi connectivity index (χ2n) is 10.0. The van der Waals surface area contributed by atoms with Crippen molar-refractivity contribution in [2.75, 3.05) is 18.4 Å². The monoisotopic (exact) mass is 447 g/mol. The zero-order chi connectivity index (χ0) is 23.8. The first-order chi connectivity index (χ1) is 15.1. The summed E-state index contributed by atoms with van der Waals surface area (Å²) in [5.74, 6) is -0.874. The number of likely N-dealkylation sites (tertiary alicyclic amines) is 1. The van der Waals surface area contributed by atoms with Crippen molar-refractivity contribution in [1.29, 1.82) is 0 Å². The number of hydrogen-bond acceptors (Lipinski definition) is 5. The summed E-state index contributed by atoms with van der Waals surface area (Å²) < 4.78 is -0.0163. The van der Waals surface area contributed by atoms with Crippen LogP contribution in [0, 0.1) is 5.41 Å². The molecule has 8 nitrogen and oxygen atoms in total. The second-order valence-corrected chi connectivity index (χ2v) is 10.0. The molecule has 0 aliphatic carbocycles. The molecule has 0 radical (unpaired) electrons. The van der Waals surface area contributed by atoms with Crippen LogP contribution in [-0.2, 0) is 14.4 Å². The number of hydrogen-bond donors (Lipinski definition) is 3. The minimum Gasteiger partial charge on any atom is -0.321 e. The predicted molar refractivity (Wildman–Crippen MR) is 123 cm³/mol. The van der Waals surface area contributed by atoms with Crippen LogP contribution in [0.15, 0.2) is 24.5 Å². The maximum absolute atomic E-state index is 14.1. The molecule has 2 heterocycles. The van der Waals surface area contributed by atoms with Crippen molar-refractivity contribution in [2.45, 2.75) is 84.6 Å². The van der Waals surface area contributed by atoms with Crippen molar-refractivity contribution in [3.8, 4) is 0 Å². The Hall–Kier alpha value is -2.32. The highest BCUT2D eigenvalue weighted by molar-refractivity contribution is 5.94. The van der Waals surface area contributed by atoms with Crippen LogP contribution < -0.4 is 10.8 Å². The maximum Gasteiger partial charge on any atom is 0.321 e. The van der Waals surface area contributed by atoms with Crippen molar-refractivity contribution in [1.82, 2.24) is 10.5 Å². The lowest BCUT2D eigenvalue weighted by Gasteiger charge is -2.44. The van der Waals surface area contributed by atoms with E-state index in [1.54, 1.807) is 30.0 Å². The van der Waals surface area contributed by atoms with Gasteiger partial charge in [0.25, 0.3) is 5.91 Å². The van der Waals surface area contributed by atoms with E-state index in [9.17, 15) is 14.4 Å². The molecule has 0 aromatic carbocycles. The fourth-order valence-corrected chi connectivity index (χ4v) is 4.87. The van der Waals surface area contributed by atoms with Gasteiger partial charge in [0.15, 0.2) is 6.54 Å². The Labute approximate surface area is 191 Å². The number of rotatable bonds is 11. The summed E-state index contributed by atoms with van der Waals surface area (Å²) >= 11 is 0. The van der Waals surface area contributed by atoms with Crippen molar-refractivity contribution in [3.63, 3.8) is 0 Å². The van der Waals surface area contributed by atoms with Crippen LogP contribution in [0.3, 0.4) is 0 Å². The summed E-state index contributed by atoms with van der Waals surface area (Å²) in [6, 6.07) is 3.41. The van der Waals surface area contributed by atoms with Crippen LogP contribution in [0.4, 0.5) is 5.69 Å². The molecule has 8 heteroatoms. The summed E-state index contributed by atoms with van der Waals surface area (Å²) in [4.78, 5) is 43.2. The fraction of sp³-hybridized carbons (Fsp3) is 0.667. The highest BCUT2D eigenvalue weighted by Crippen LogP contribution is 2.47. The molecule has 2 unspecified atom stereocenters. The number of anilines is 1. The zero-order valence-corrected chi connectivity index (χ0v) is 19.9. The molecule has 1 aliphatic rings. The van der Waals surface area contributed by atoms with E-state index in [1.807, 2.05) is 20.8 Å². The second kappa shape index (κ2) is 11.0. The van der Waals surface area contributed by atoms with E-state index < -0.39 is 16.9 Å². The molecule has 1 aromatic rings. The van der Waals surface area contributed by atoms with Gasteiger partial charge in [0.2, 0.25) is 5.91 Å².